The highest BCUT2D eigenvalue weighted by Crippen LogP contribution is 2.21. The molecule has 0 radical (unpaired) electrons. The summed E-state index contributed by atoms with van der Waals surface area (Å²) in [5, 5.41) is 2.81. The minimum Gasteiger partial charge on any atom is -0.496 e. The summed E-state index contributed by atoms with van der Waals surface area (Å²) in [5.74, 6) is 0.183. The first-order chi connectivity index (χ1) is 13.2. The fourth-order valence-electron chi connectivity index (χ4n) is 3.14. The van der Waals surface area contributed by atoms with Gasteiger partial charge in [0, 0.05) is 24.2 Å². The molecule has 3 rings (SSSR count). The number of para-hydroxylation sites is 1. The summed E-state index contributed by atoms with van der Waals surface area (Å²) in [5.41, 5.74) is 1.51. The molecule has 5 heteroatoms. The van der Waals surface area contributed by atoms with Gasteiger partial charge in [-0.05, 0) is 43.5 Å². The monoisotopic (exact) mass is 364 g/mol. The van der Waals surface area contributed by atoms with Crippen molar-refractivity contribution in [3.05, 3.63) is 71.4 Å². The third-order valence-corrected chi connectivity index (χ3v) is 4.60. The maximum absolute atomic E-state index is 13.1. The molecule has 27 heavy (non-hydrogen) atoms. The molecule has 1 saturated heterocycles. The molecule has 0 atom stereocenters. The Balaban J connectivity index is 1.91. The number of hydrogen-bond acceptors (Lipinski definition) is 3. The van der Waals surface area contributed by atoms with Crippen molar-refractivity contribution in [3.63, 3.8) is 0 Å². The van der Waals surface area contributed by atoms with E-state index in [0.717, 1.165) is 24.8 Å². The van der Waals surface area contributed by atoms with Gasteiger partial charge in [-0.2, -0.15) is 0 Å². The molecule has 0 aliphatic carbocycles. The molecule has 2 aromatic carbocycles. The SMILES string of the molecule is COc1ccccc1/C=C(/NC(=O)c1ccccc1)C(=O)N1CCCCC1. The number of likely N-dealkylation sites (tertiary alicyclic amines) is 1. The minimum atomic E-state index is -0.304. The Morgan fingerprint density at radius 2 is 1.63 bits per heavy atom. The Kier molecular flexibility index (Phi) is 6.26. The van der Waals surface area contributed by atoms with Crippen molar-refractivity contribution in [2.45, 2.75) is 19.3 Å². The summed E-state index contributed by atoms with van der Waals surface area (Å²) in [6, 6.07) is 16.3. The van der Waals surface area contributed by atoms with Crippen molar-refractivity contribution in [3.8, 4) is 5.75 Å². The van der Waals surface area contributed by atoms with Crippen LogP contribution >= 0.6 is 0 Å². The van der Waals surface area contributed by atoms with Crippen molar-refractivity contribution in [1.29, 1.82) is 0 Å². The molecule has 140 valence electrons. The number of rotatable bonds is 5. The first kappa shape index (κ1) is 18.7. The van der Waals surface area contributed by atoms with Crippen LogP contribution in [0.25, 0.3) is 6.08 Å². The van der Waals surface area contributed by atoms with Gasteiger partial charge >= 0.3 is 0 Å². The maximum atomic E-state index is 13.1. The molecule has 1 aliphatic heterocycles. The predicted molar refractivity (Wildman–Crippen MR) is 105 cm³/mol. The zero-order chi connectivity index (χ0) is 19.1. The molecule has 2 aromatic rings. The van der Waals surface area contributed by atoms with Gasteiger partial charge in [-0.1, -0.05) is 36.4 Å². The molecular weight excluding hydrogens is 340 g/mol. The lowest BCUT2D eigenvalue weighted by Crippen LogP contribution is -2.41. The van der Waals surface area contributed by atoms with Crippen molar-refractivity contribution < 1.29 is 14.3 Å². The van der Waals surface area contributed by atoms with Crippen LogP contribution in [0.2, 0.25) is 0 Å². The lowest BCUT2D eigenvalue weighted by molar-refractivity contribution is -0.128. The third-order valence-electron chi connectivity index (χ3n) is 4.60. The molecular formula is C22H24N2O3. The Labute approximate surface area is 159 Å². The topological polar surface area (TPSA) is 58.6 Å². The van der Waals surface area contributed by atoms with E-state index < -0.39 is 0 Å². The summed E-state index contributed by atoms with van der Waals surface area (Å²) in [4.78, 5) is 27.5. The molecule has 0 unspecified atom stereocenters. The van der Waals surface area contributed by atoms with Crippen molar-refractivity contribution >= 4 is 17.9 Å². The van der Waals surface area contributed by atoms with Gasteiger partial charge in [0.15, 0.2) is 0 Å². The smallest absolute Gasteiger partial charge is 0.270 e. The number of carbonyl (C=O) groups is 2. The number of nitrogens with zero attached hydrogens (tertiary/aromatic N) is 1. The predicted octanol–water partition coefficient (Wildman–Crippen LogP) is 3.48. The van der Waals surface area contributed by atoms with Gasteiger partial charge in [0.05, 0.1) is 7.11 Å². The first-order valence-electron chi connectivity index (χ1n) is 9.19. The second-order valence-electron chi connectivity index (χ2n) is 6.47. The molecule has 1 aliphatic rings. The fraction of sp³-hybridized carbons (Fsp3) is 0.273. The lowest BCUT2D eigenvalue weighted by atomic mass is 10.1. The normalized spacial score (nSPS) is 14.6. The highest BCUT2D eigenvalue weighted by atomic mass is 16.5. The van der Waals surface area contributed by atoms with Gasteiger partial charge in [0.2, 0.25) is 0 Å². The largest absolute Gasteiger partial charge is 0.496 e. The molecule has 1 heterocycles. The van der Waals surface area contributed by atoms with Crippen molar-refractivity contribution in [2.24, 2.45) is 0 Å². The van der Waals surface area contributed by atoms with Crippen LogP contribution in [0.3, 0.4) is 0 Å². The van der Waals surface area contributed by atoms with Gasteiger partial charge in [-0.25, -0.2) is 0 Å². The van der Waals surface area contributed by atoms with Gasteiger partial charge in [-0.3, -0.25) is 9.59 Å². The zero-order valence-electron chi connectivity index (χ0n) is 15.5. The van der Waals surface area contributed by atoms with Crippen LogP contribution < -0.4 is 10.1 Å². The van der Waals surface area contributed by atoms with Crippen LogP contribution in [0.1, 0.15) is 35.2 Å². The summed E-state index contributed by atoms with van der Waals surface area (Å²) in [7, 11) is 1.58. The Hall–Kier alpha value is -3.08. The van der Waals surface area contributed by atoms with E-state index in [9.17, 15) is 9.59 Å². The van der Waals surface area contributed by atoms with E-state index in [1.165, 1.54) is 0 Å². The van der Waals surface area contributed by atoms with Gasteiger partial charge in [0.1, 0.15) is 11.4 Å². The number of methoxy groups -OCH3 is 1. The summed E-state index contributed by atoms with van der Waals surface area (Å²) in [6.45, 7) is 1.42. The Morgan fingerprint density at radius 3 is 2.33 bits per heavy atom. The van der Waals surface area contributed by atoms with Crippen LogP contribution in [-0.2, 0) is 4.79 Å². The molecule has 0 spiro atoms. The number of benzene rings is 2. The highest BCUT2D eigenvalue weighted by molar-refractivity contribution is 6.05. The number of ether oxygens (including phenoxy) is 1. The molecule has 1 N–H and O–H groups in total. The second-order valence-corrected chi connectivity index (χ2v) is 6.47. The number of hydrogen-bond donors (Lipinski definition) is 1. The van der Waals surface area contributed by atoms with Crippen molar-refractivity contribution in [1.82, 2.24) is 10.2 Å². The summed E-state index contributed by atoms with van der Waals surface area (Å²) >= 11 is 0. The standard InChI is InChI=1S/C22H24N2O3/c1-27-20-13-7-6-12-18(20)16-19(22(26)24-14-8-3-9-15-24)23-21(25)17-10-4-2-5-11-17/h2,4-7,10-13,16H,3,8-9,14-15H2,1H3,(H,23,25)/b19-16+. The number of amides is 2. The van der Waals surface area contributed by atoms with Gasteiger partial charge in [0.25, 0.3) is 11.8 Å². The zero-order valence-corrected chi connectivity index (χ0v) is 15.5. The summed E-state index contributed by atoms with van der Waals surface area (Å²) in [6.07, 6.45) is 4.79. The summed E-state index contributed by atoms with van der Waals surface area (Å²) < 4.78 is 5.38. The van der Waals surface area contributed by atoms with E-state index in [1.54, 1.807) is 42.4 Å². The van der Waals surface area contributed by atoms with Gasteiger partial charge < -0.3 is 15.0 Å². The van der Waals surface area contributed by atoms with Crippen molar-refractivity contribution in [2.75, 3.05) is 20.2 Å². The van der Waals surface area contributed by atoms with E-state index in [-0.39, 0.29) is 17.5 Å². The van der Waals surface area contributed by atoms with E-state index in [1.807, 2.05) is 30.3 Å². The molecule has 0 aromatic heterocycles. The minimum absolute atomic E-state index is 0.162. The number of nitrogens with one attached hydrogen (secondary N) is 1. The molecule has 0 saturated carbocycles. The average Bonchev–Trinajstić information content (AvgIpc) is 2.74. The lowest BCUT2D eigenvalue weighted by Gasteiger charge is -2.27. The number of piperidine rings is 1. The molecule has 2 amide bonds. The molecule has 0 bridgehead atoms. The van der Waals surface area contributed by atoms with E-state index >= 15 is 0 Å². The first-order valence-corrected chi connectivity index (χ1v) is 9.19. The average molecular weight is 364 g/mol. The van der Waals surface area contributed by atoms with E-state index in [2.05, 4.69) is 5.32 Å². The van der Waals surface area contributed by atoms with Crippen LogP contribution in [0.4, 0.5) is 0 Å². The second kappa shape index (κ2) is 9.03. The molecule has 1 fully saturated rings. The fourth-order valence-corrected chi connectivity index (χ4v) is 3.14. The van der Waals surface area contributed by atoms with Crippen LogP contribution in [0.15, 0.2) is 60.3 Å². The highest BCUT2D eigenvalue weighted by Gasteiger charge is 2.22. The Morgan fingerprint density at radius 1 is 0.963 bits per heavy atom. The molecule has 5 nitrogen and oxygen atoms in total. The van der Waals surface area contributed by atoms with Gasteiger partial charge in [-0.15, -0.1) is 0 Å². The Bertz CT molecular complexity index is 824. The van der Waals surface area contributed by atoms with Crippen LogP contribution in [-0.4, -0.2) is 36.9 Å². The van der Waals surface area contributed by atoms with Crippen LogP contribution in [0, 0.1) is 0 Å². The third kappa shape index (κ3) is 4.76. The van der Waals surface area contributed by atoms with Crippen LogP contribution in [0.5, 0.6) is 5.75 Å². The maximum Gasteiger partial charge on any atom is 0.270 e. The number of carbonyl (C=O) groups excluding carboxylic acids is 2. The van der Waals surface area contributed by atoms with E-state index in [0.29, 0.717) is 24.4 Å². The van der Waals surface area contributed by atoms with E-state index in [4.69, 9.17) is 4.74 Å². The quantitative estimate of drug-likeness (QED) is 0.827.